The van der Waals surface area contributed by atoms with Gasteiger partial charge in [0.2, 0.25) is 0 Å². The molecule has 8 nitrogen and oxygen atoms in total. The van der Waals surface area contributed by atoms with Crippen LogP contribution in [0.5, 0.6) is 17.2 Å². The summed E-state index contributed by atoms with van der Waals surface area (Å²) < 4.78 is 39.4. The summed E-state index contributed by atoms with van der Waals surface area (Å²) >= 11 is 0.744. The first kappa shape index (κ1) is 24.1. The zero-order valence-corrected chi connectivity index (χ0v) is 18.5. The topological polar surface area (TPSA) is 94.2 Å². The average molecular weight is 478 g/mol. The summed E-state index contributed by atoms with van der Waals surface area (Å²) in [4.78, 5) is 38.3. The Morgan fingerprint density at radius 1 is 1.09 bits per heavy atom. The fraction of sp³-hybridized carbons (Fsp3) is 0.227. The third-order valence-corrected chi connectivity index (χ3v) is 5.46. The maximum absolute atomic E-state index is 12.6. The van der Waals surface area contributed by atoms with Crippen molar-refractivity contribution in [1.29, 1.82) is 0 Å². The molecule has 0 saturated carbocycles. The summed E-state index contributed by atoms with van der Waals surface area (Å²) in [6, 6.07) is 10.7. The maximum atomic E-state index is 12.6. The van der Waals surface area contributed by atoms with Crippen LogP contribution in [0.1, 0.15) is 15.9 Å². The van der Waals surface area contributed by atoms with Gasteiger partial charge in [-0.3, -0.25) is 19.3 Å². The number of ether oxygens (including phenoxy) is 3. The van der Waals surface area contributed by atoms with Crippen molar-refractivity contribution in [3.05, 3.63) is 58.5 Å². The van der Waals surface area contributed by atoms with Gasteiger partial charge in [-0.1, -0.05) is 6.07 Å². The minimum absolute atomic E-state index is 0.00557. The summed E-state index contributed by atoms with van der Waals surface area (Å²) in [6.45, 7) is -2.94. The Kier molecular flexibility index (Phi) is 7.88. The van der Waals surface area contributed by atoms with Crippen molar-refractivity contribution < 1.29 is 37.4 Å². The zero-order chi connectivity index (χ0) is 24.0. The van der Waals surface area contributed by atoms with Crippen LogP contribution in [0.4, 0.5) is 13.6 Å². The number of hydrogen-bond acceptors (Lipinski definition) is 7. The molecule has 0 aliphatic carbocycles. The molecule has 2 aromatic rings. The number of methoxy groups -OCH3 is 2. The fourth-order valence-corrected chi connectivity index (χ4v) is 3.80. The molecule has 1 saturated heterocycles. The highest BCUT2D eigenvalue weighted by atomic mass is 32.2. The van der Waals surface area contributed by atoms with E-state index in [1.807, 2.05) is 0 Å². The van der Waals surface area contributed by atoms with E-state index in [4.69, 9.17) is 9.47 Å². The first-order chi connectivity index (χ1) is 15.8. The van der Waals surface area contributed by atoms with Crippen LogP contribution in [0.15, 0.2) is 47.4 Å². The fourth-order valence-electron chi connectivity index (χ4n) is 2.94. The Bertz CT molecular complexity index is 1080. The highest BCUT2D eigenvalue weighted by Gasteiger charge is 2.34. The molecule has 0 atom stereocenters. The Morgan fingerprint density at radius 3 is 2.45 bits per heavy atom. The van der Waals surface area contributed by atoms with Crippen LogP contribution in [0.25, 0.3) is 6.08 Å². The second-order valence-electron chi connectivity index (χ2n) is 6.61. The van der Waals surface area contributed by atoms with Crippen LogP contribution in [0, 0.1) is 0 Å². The summed E-state index contributed by atoms with van der Waals surface area (Å²) in [7, 11) is 2.82. The number of nitrogens with zero attached hydrogens (tertiary/aromatic N) is 1. The molecule has 174 valence electrons. The van der Waals surface area contributed by atoms with Crippen LogP contribution in [-0.4, -0.2) is 55.9 Å². The molecule has 0 spiro atoms. The molecular weight excluding hydrogens is 458 g/mol. The number of benzene rings is 2. The zero-order valence-electron chi connectivity index (χ0n) is 17.7. The van der Waals surface area contributed by atoms with E-state index < -0.39 is 17.8 Å². The van der Waals surface area contributed by atoms with Crippen molar-refractivity contribution in [1.82, 2.24) is 10.2 Å². The number of thioether (sulfide) groups is 1. The molecule has 1 aliphatic heterocycles. The number of nitrogens with one attached hydrogen (secondary N) is 1. The van der Waals surface area contributed by atoms with Crippen LogP contribution >= 0.6 is 11.8 Å². The lowest BCUT2D eigenvalue weighted by atomic mass is 10.2. The minimum atomic E-state index is -3.01. The normalized spacial score (nSPS) is 14.7. The summed E-state index contributed by atoms with van der Waals surface area (Å²) in [5, 5.41) is 2.18. The smallest absolute Gasteiger partial charge is 0.387 e. The Hall–Kier alpha value is -3.60. The highest BCUT2D eigenvalue weighted by molar-refractivity contribution is 8.18. The number of amides is 3. The number of rotatable bonds is 9. The predicted molar refractivity (Wildman–Crippen MR) is 118 cm³/mol. The van der Waals surface area contributed by atoms with Gasteiger partial charge in [-0.25, -0.2) is 0 Å². The van der Waals surface area contributed by atoms with Crippen molar-refractivity contribution in [3.63, 3.8) is 0 Å². The minimum Gasteiger partial charge on any atom is -0.497 e. The van der Waals surface area contributed by atoms with E-state index >= 15 is 0 Å². The SMILES string of the molecule is COc1ccc(C(=O)NCCN2C(=O)S/C(=C\c3ccc(OC(F)F)c(OC)c3)C2=O)cc1. The monoisotopic (exact) mass is 478 g/mol. The van der Waals surface area contributed by atoms with E-state index in [1.54, 1.807) is 24.3 Å². The first-order valence-corrected chi connectivity index (χ1v) is 10.4. The lowest BCUT2D eigenvalue weighted by molar-refractivity contribution is -0.122. The molecule has 1 heterocycles. The summed E-state index contributed by atoms with van der Waals surface area (Å²) in [5.74, 6) is -0.339. The van der Waals surface area contributed by atoms with Gasteiger partial charge < -0.3 is 19.5 Å². The molecule has 0 aromatic heterocycles. The summed E-state index contributed by atoms with van der Waals surface area (Å²) in [5.41, 5.74) is 0.879. The maximum Gasteiger partial charge on any atom is 0.387 e. The van der Waals surface area contributed by atoms with Gasteiger partial charge in [0.15, 0.2) is 11.5 Å². The third-order valence-electron chi connectivity index (χ3n) is 4.55. The molecule has 33 heavy (non-hydrogen) atoms. The quantitative estimate of drug-likeness (QED) is 0.549. The van der Waals surface area contributed by atoms with Gasteiger partial charge in [0.1, 0.15) is 5.75 Å². The predicted octanol–water partition coefficient (Wildman–Crippen LogP) is 3.77. The first-order valence-electron chi connectivity index (χ1n) is 9.63. The number of carbonyl (C=O) groups is 3. The van der Waals surface area contributed by atoms with Gasteiger partial charge in [-0.2, -0.15) is 8.78 Å². The molecule has 11 heteroatoms. The number of alkyl halides is 2. The van der Waals surface area contributed by atoms with Crippen molar-refractivity contribution in [2.75, 3.05) is 27.3 Å². The van der Waals surface area contributed by atoms with E-state index in [1.165, 1.54) is 38.5 Å². The van der Waals surface area contributed by atoms with Gasteiger partial charge in [0.25, 0.3) is 17.1 Å². The van der Waals surface area contributed by atoms with Gasteiger partial charge in [-0.05, 0) is 59.8 Å². The average Bonchev–Trinajstić information content (AvgIpc) is 3.06. The van der Waals surface area contributed by atoms with E-state index in [-0.39, 0.29) is 35.4 Å². The number of hydrogen-bond donors (Lipinski definition) is 1. The van der Waals surface area contributed by atoms with Crippen LogP contribution in [-0.2, 0) is 4.79 Å². The van der Waals surface area contributed by atoms with Crippen molar-refractivity contribution in [3.8, 4) is 17.2 Å². The molecule has 1 fully saturated rings. The van der Waals surface area contributed by atoms with Gasteiger partial charge in [0, 0.05) is 18.7 Å². The standard InChI is InChI=1S/C22H20F2N2O6S/c1-30-15-6-4-14(5-7-15)19(27)25-9-10-26-20(28)18(33-22(26)29)12-13-3-8-16(32-21(23)24)17(11-13)31-2/h3-8,11-12,21H,9-10H2,1-2H3,(H,25,27)/b18-12-. The van der Waals surface area contributed by atoms with E-state index in [0.29, 0.717) is 16.9 Å². The Balaban J connectivity index is 1.61. The summed E-state index contributed by atoms with van der Waals surface area (Å²) in [6.07, 6.45) is 1.45. The van der Waals surface area contributed by atoms with Gasteiger partial charge in [0.05, 0.1) is 19.1 Å². The van der Waals surface area contributed by atoms with Gasteiger partial charge in [-0.15, -0.1) is 0 Å². The molecule has 1 N–H and O–H groups in total. The lowest BCUT2D eigenvalue weighted by Gasteiger charge is -2.13. The molecule has 3 amide bonds. The van der Waals surface area contributed by atoms with Crippen LogP contribution in [0.2, 0.25) is 0 Å². The highest BCUT2D eigenvalue weighted by Crippen LogP contribution is 2.34. The molecule has 3 rings (SSSR count). The Morgan fingerprint density at radius 2 is 1.82 bits per heavy atom. The van der Waals surface area contributed by atoms with E-state index in [0.717, 1.165) is 16.7 Å². The number of halogens is 2. The van der Waals surface area contributed by atoms with E-state index in [2.05, 4.69) is 10.1 Å². The molecule has 2 aromatic carbocycles. The molecule has 1 aliphatic rings. The number of carbonyl (C=O) groups excluding carboxylic acids is 3. The van der Waals surface area contributed by atoms with Crippen LogP contribution in [0.3, 0.4) is 0 Å². The molecule has 0 radical (unpaired) electrons. The van der Waals surface area contributed by atoms with Crippen molar-refractivity contribution >= 4 is 34.9 Å². The van der Waals surface area contributed by atoms with Crippen LogP contribution < -0.4 is 19.5 Å². The second kappa shape index (κ2) is 10.8. The van der Waals surface area contributed by atoms with Crippen molar-refractivity contribution in [2.24, 2.45) is 0 Å². The number of imide groups is 1. The third kappa shape index (κ3) is 6.01. The lowest BCUT2D eigenvalue weighted by Crippen LogP contribution is -2.37. The second-order valence-corrected chi connectivity index (χ2v) is 7.60. The van der Waals surface area contributed by atoms with Gasteiger partial charge >= 0.3 is 6.61 Å². The van der Waals surface area contributed by atoms with Crippen molar-refractivity contribution in [2.45, 2.75) is 6.61 Å². The molecule has 0 bridgehead atoms. The largest absolute Gasteiger partial charge is 0.497 e. The van der Waals surface area contributed by atoms with E-state index in [9.17, 15) is 23.2 Å². The molecular formula is C22H20F2N2O6S. The molecule has 0 unspecified atom stereocenters. The Labute approximate surface area is 192 Å².